The van der Waals surface area contributed by atoms with Crippen molar-refractivity contribution in [2.75, 3.05) is 0 Å². The average molecular weight is 315 g/mol. The monoisotopic (exact) mass is 315 g/mol. The molecule has 1 aromatic carbocycles. The van der Waals surface area contributed by atoms with E-state index in [2.05, 4.69) is 38.1 Å². The molecule has 0 bridgehead atoms. The molecule has 1 heterocycles. The highest BCUT2D eigenvalue weighted by Gasteiger charge is 2.44. The number of hydrogen-bond acceptors (Lipinski definition) is 3. The van der Waals surface area contributed by atoms with Crippen LogP contribution in [0.5, 0.6) is 5.75 Å². The number of aliphatic hydroxyl groups excluding tert-OH is 1. The van der Waals surface area contributed by atoms with Gasteiger partial charge in [0.15, 0.2) is 0 Å². The zero-order valence-electron chi connectivity index (χ0n) is 14.5. The van der Waals surface area contributed by atoms with Crippen LogP contribution in [0.2, 0.25) is 0 Å². The lowest BCUT2D eigenvalue weighted by Gasteiger charge is -2.46. The second-order valence-corrected chi connectivity index (χ2v) is 7.59. The SMILES string of the molecule is CCC(O)CCc1ccc2c(c1)OC(C)(C)C1CCC(N)=CC21. The summed E-state index contributed by atoms with van der Waals surface area (Å²) >= 11 is 0. The van der Waals surface area contributed by atoms with Crippen molar-refractivity contribution in [2.24, 2.45) is 11.7 Å². The number of hydrogen-bond donors (Lipinski definition) is 2. The molecule has 126 valence electrons. The summed E-state index contributed by atoms with van der Waals surface area (Å²) in [7, 11) is 0. The predicted molar refractivity (Wildman–Crippen MR) is 93.5 cm³/mol. The predicted octanol–water partition coefficient (Wildman–Crippen LogP) is 3.90. The smallest absolute Gasteiger partial charge is 0.124 e. The minimum atomic E-state index is -0.214. The summed E-state index contributed by atoms with van der Waals surface area (Å²) in [5.41, 5.74) is 9.44. The molecule has 0 radical (unpaired) electrons. The van der Waals surface area contributed by atoms with Crippen molar-refractivity contribution in [3.05, 3.63) is 41.1 Å². The summed E-state index contributed by atoms with van der Waals surface area (Å²) < 4.78 is 6.37. The van der Waals surface area contributed by atoms with Gasteiger partial charge in [0.25, 0.3) is 0 Å². The van der Waals surface area contributed by atoms with Gasteiger partial charge < -0.3 is 15.6 Å². The van der Waals surface area contributed by atoms with Crippen LogP contribution in [0.3, 0.4) is 0 Å². The molecule has 3 heteroatoms. The number of fused-ring (bicyclic) bond motifs is 3. The van der Waals surface area contributed by atoms with Gasteiger partial charge in [0, 0.05) is 23.1 Å². The Balaban J connectivity index is 1.89. The number of aryl methyl sites for hydroxylation is 1. The topological polar surface area (TPSA) is 55.5 Å². The van der Waals surface area contributed by atoms with Crippen LogP contribution in [0.15, 0.2) is 30.0 Å². The Morgan fingerprint density at radius 2 is 2.17 bits per heavy atom. The van der Waals surface area contributed by atoms with Gasteiger partial charge in [0.2, 0.25) is 0 Å². The van der Waals surface area contributed by atoms with Gasteiger partial charge in [-0.05, 0) is 57.6 Å². The summed E-state index contributed by atoms with van der Waals surface area (Å²) in [6.07, 6.45) is 6.57. The molecule has 0 amide bonds. The third-order valence-electron chi connectivity index (χ3n) is 5.51. The van der Waals surface area contributed by atoms with Gasteiger partial charge in [-0.3, -0.25) is 0 Å². The van der Waals surface area contributed by atoms with Gasteiger partial charge in [-0.1, -0.05) is 25.1 Å². The van der Waals surface area contributed by atoms with Crippen LogP contribution in [0.1, 0.15) is 63.5 Å². The Labute approximate surface area is 139 Å². The van der Waals surface area contributed by atoms with E-state index in [1.165, 1.54) is 11.1 Å². The average Bonchev–Trinajstić information content (AvgIpc) is 2.51. The van der Waals surface area contributed by atoms with Crippen LogP contribution >= 0.6 is 0 Å². The molecule has 3 unspecified atom stereocenters. The first-order valence-electron chi connectivity index (χ1n) is 8.86. The minimum absolute atomic E-state index is 0.170. The molecular formula is C20H29NO2. The van der Waals surface area contributed by atoms with Crippen LogP contribution in [0, 0.1) is 5.92 Å². The second-order valence-electron chi connectivity index (χ2n) is 7.59. The molecule has 3 nitrogen and oxygen atoms in total. The zero-order valence-corrected chi connectivity index (χ0v) is 14.5. The first kappa shape index (κ1) is 16.4. The lowest BCUT2D eigenvalue weighted by Crippen LogP contribution is -2.45. The summed E-state index contributed by atoms with van der Waals surface area (Å²) in [6.45, 7) is 6.40. The molecule has 0 spiro atoms. The van der Waals surface area contributed by atoms with Crippen LogP contribution in [0.4, 0.5) is 0 Å². The van der Waals surface area contributed by atoms with E-state index in [4.69, 9.17) is 10.5 Å². The molecule has 1 aliphatic carbocycles. The third kappa shape index (κ3) is 3.25. The van der Waals surface area contributed by atoms with E-state index < -0.39 is 0 Å². The number of rotatable bonds is 4. The molecule has 2 aliphatic rings. The highest BCUT2D eigenvalue weighted by Crippen LogP contribution is 2.50. The van der Waals surface area contributed by atoms with Crippen molar-refractivity contribution in [2.45, 2.75) is 70.5 Å². The van der Waals surface area contributed by atoms with Gasteiger partial charge in [0.1, 0.15) is 11.4 Å². The third-order valence-corrected chi connectivity index (χ3v) is 5.51. The van der Waals surface area contributed by atoms with E-state index in [9.17, 15) is 5.11 Å². The maximum absolute atomic E-state index is 9.77. The van der Waals surface area contributed by atoms with Crippen LogP contribution < -0.4 is 10.5 Å². The number of nitrogens with two attached hydrogens (primary N) is 1. The maximum Gasteiger partial charge on any atom is 0.124 e. The maximum atomic E-state index is 9.77. The fraction of sp³-hybridized carbons (Fsp3) is 0.600. The number of benzene rings is 1. The van der Waals surface area contributed by atoms with E-state index in [0.717, 1.165) is 43.6 Å². The van der Waals surface area contributed by atoms with Gasteiger partial charge in [-0.15, -0.1) is 0 Å². The summed E-state index contributed by atoms with van der Waals surface area (Å²) in [5, 5.41) is 9.77. The van der Waals surface area contributed by atoms with E-state index >= 15 is 0 Å². The van der Waals surface area contributed by atoms with Crippen molar-refractivity contribution in [3.63, 3.8) is 0 Å². The van der Waals surface area contributed by atoms with Crippen LogP contribution in [-0.4, -0.2) is 16.8 Å². The molecule has 3 rings (SSSR count). The molecule has 0 aromatic heterocycles. The van der Waals surface area contributed by atoms with Crippen LogP contribution in [-0.2, 0) is 6.42 Å². The standard InChI is InChI=1S/C20H29NO2/c1-4-15(22)8-5-13-6-9-16-17-12-14(21)7-10-18(17)20(2,3)23-19(16)11-13/h6,9,11-12,15,17-18,22H,4-5,7-8,10,21H2,1-3H3. The van der Waals surface area contributed by atoms with E-state index in [0.29, 0.717) is 11.8 Å². The largest absolute Gasteiger partial charge is 0.487 e. The molecule has 3 atom stereocenters. The van der Waals surface area contributed by atoms with E-state index in [1.807, 2.05) is 6.92 Å². The minimum Gasteiger partial charge on any atom is -0.487 e. The lowest BCUT2D eigenvalue weighted by atomic mass is 9.69. The van der Waals surface area contributed by atoms with Crippen molar-refractivity contribution >= 4 is 0 Å². The molecular weight excluding hydrogens is 286 g/mol. The number of ether oxygens (including phenoxy) is 1. The molecule has 0 saturated heterocycles. The Morgan fingerprint density at radius 1 is 1.39 bits per heavy atom. The Morgan fingerprint density at radius 3 is 2.91 bits per heavy atom. The molecule has 0 fully saturated rings. The fourth-order valence-corrected chi connectivity index (χ4v) is 4.01. The number of allylic oxidation sites excluding steroid dienone is 2. The first-order chi connectivity index (χ1) is 10.9. The Hall–Kier alpha value is -1.48. The highest BCUT2D eigenvalue weighted by molar-refractivity contribution is 5.46. The highest BCUT2D eigenvalue weighted by atomic mass is 16.5. The van der Waals surface area contributed by atoms with Crippen molar-refractivity contribution < 1.29 is 9.84 Å². The Kier molecular flexibility index (Phi) is 4.41. The summed E-state index contributed by atoms with van der Waals surface area (Å²) in [5.74, 6) is 1.83. The van der Waals surface area contributed by atoms with E-state index in [1.54, 1.807) is 0 Å². The molecule has 1 aliphatic heterocycles. The second kappa shape index (κ2) is 6.20. The normalized spacial score (nSPS) is 26.5. The summed E-state index contributed by atoms with van der Waals surface area (Å²) in [6, 6.07) is 6.54. The zero-order chi connectivity index (χ0) is 16.6. The fourth-order valence-electron chi connectivity index (χ4n) is 4.01. The van der Waals surface area contributed by atoms with Crippen molar-refractivity contribution in [1.82, 2.24) is 0 Å². The van der Waals surface area contributed by atoms with Crippen molar-refractivity contribution in [1.29, 1.82) is 0 Å². The first-order valence-corrected chi connectivity index (χ1v) is 8.86. The van der Waals surface area contributed by atoms with Gasteiger partial charge >= 0.3 is 0 Å². The van der Waals surface area contributed by atoms with Crippen molar-refractivity contribution in [3.8, 4) is 5.75 Å². The van der Waals surface area contributed by atoms with Gasteiger partial charge in [0.05, 0.1) is 6.10 Å². The molecule has 23 heavy (non-hydrogen) atoms. The molecule has 0 saturated carbocycles. The number of aliphatic hydroxyl groups is 1. The lowest BCUT2D eigenvalue weighted by molar-refractivity contribution is 0.0115. The van der Waals surface area contributed by atoms with Gasteiger partial charge in [-0.25, -0.2) is 0 Å². The summed E-state index contributed by atoms with van der Waals surface area (Å²) in [4.78, 5) is 0. The molecule has 3 N–H and O–H groups in total. The van der Waals surface area contributed by atoms with Gasteiger partial charge in [-0.2, -0.15) is 0 Å². The van der Waals surface area contributed by atoms with Crippen LogP contribution in [0.25, 0.3) is 0 Å². The Bertz CT molecular complexity index is 606. The molecule has 1 aromatic rings. The van der Waals surface area contributed by atoms with E-state index in [-0.39, 0.29) is 11.7 Å². The quantitative estimate of drug-likeness (QED) is 0.886.